The molecule has 5 nitrogen and oxygen atoms in total. The van der Waals surface area contributed by atoms with E-state index < -0.39 is 0 Å². The second-order valence-electron chi connectivity index (χ2n) is 6.30. The highest BCUT2D eigenvalue weighted by Crippen LogP contribution is 2.28. The van der Waals surface area contributed by atoms with E-state index in [0.29, 0.717) is 6.61 Å². The molecule has 4 aromatic rings. The molecule has 0 amide bonds. The van der Waals surface area contributed by atoms with Crippen LogP contribution in [-0.2, 0) is 6.61 Å². The van der Waals surface area contributed by atoms with Crippen molar-refractivity contribution >= 4 is 22.8 Å². The van der Waals surface area contributed by atoms with Crippen molar-refractivity contribution in [1.29, 1.82) is 0 Å². The van der Waals surface area contributed by atoms with E-state index in [1.54, 1.807) is 13.3 Å². The number of nitrogens with zero attached hydrogens (tertiary/aromatic N) is 1. The molecule has 4 rings (SSSR count). The molecule has 5 heteroatoms. The Bertz CT molecular complexity index is 1070. The van der Waals surface area contributed by atoms with Crippen LogP contribution in [0.4, 0.5) is 5.69 Å². The summed E-state index contributed by atoms with van der Waals surface area (Å²) >= 11 is 0. The summed E-state index contributed by atoms with van der Waals surface area (Å²) in [4.78, 5) is 3.27. The number of hydrogen-bond acceptors (Lipinski definition) is 4. The average molecular weight is 371 g/mol. The molecule has 1 heterocycles. The highest BCUT2D eigenvalue weighted by Gasteiger charge is 2.08. The van der Waals surface area contributed by atoms with Crippen LogP contribution in [0.15, 0.2) is 84.1 Å². The first-order valence-corrected chi connectivity index (χ1v) is 9.03. The standard InChI is InChI=1S/C23H21N3O2/c1-27-20-12-10-19(11-13-20)26-25-15-18-14-24-21-8-5-9-22(23(18)21)28-16-17-6-3-2-4-7-17/h2-15,24,26H,16H2,1H3/b25-15+. The Kier molecular flexibility index (Phi) is 5.24. The normalized spacial score (nSPS) is 11.0. The number of nitrogens with one attached hydrogen (secondary N) is 2. The molecule has 1 aromatic heterocycles. The van der Waals surface area contributed by atoms with Crippen molar-refractivity contribution in [2.45, 2.75) is 6.61 Å². The van der Waals surface area contributed by atoms with Crippen LogP contribution in [0.1, 0.15) is 11.1 Å². The van der Waals surface area contributed by atoms with Gasteiger partial charge in [0.1, 0.15) is 18.1 Å². The molecule has 28 heavy (non-hydrogen) atoms. The van der Waals surface area contributed by atoms with Crippen molar-refractivity contribution in [1.82, 2.24) is 4.98 Å². The quantitative estimate of drug-likeness (QED) is 0.347. The largest absolute Gasteiger partial charge is 0.497 e. The number of aromatic nitrogens is 1. The number of benzene rings is 3. The van der Waals surface area contributed by atoms with Gasteiger partial charge in [0.05, 0.1) is 24.4 Å². The SMILES string of the molecule is COc1ccc(N/N=C/c2c[nH]c3cccc(OCc4ccccc4)c23)cc1. The lowest BCUT2D eigenvalue weighted by atomic mass is 10.1. The van der Waals surface area contributed by atoms with Crippen LogP contribution in [0.3, 0.4) is 0 Å². The molecule has 0 bridgehead atoms. The number of hydrogen-bond donors (Lipinski definition) is 2. The third kappa shape index (κ3) is 3.99. The smallest absolute Gasteiger partial charge is 0.129 e. The Hall–Kier alpha value is -3.73. The molecular weight excluding hydrogens is 350 g/mol. The van der Waals surface area contributed by atoms with Crippen LogP contribution in [0, 0.1) is 0 Å². The molecule has 0 saturated carbocycles. The second-order valence-corrected chi connectivity index (χ2v) is 6.30. The zero-order valence-corrected chi connectivity index (χ0v) is 15.6. The molecule has 3 aromatic carbocycles. The summed E-state index contributed by atoms with van der Waals surface area (Å²) in [6, 6.07) is 23.7. The number of ether oxygens (including phenoxy) is 2. The van der Waals surface area contributed by atoms with Crippen molar-refractivity contribution in [3.05, 3.63) is 90.1 Å². The van der Waals surface area contributed by atoms with Gasteiger partial charge in [-0.15, -0.1) is 0 Å². The number of fused-ring (bicyclic) bond motifs is 1. The van der Waals surface area contributed by atoms with E-state index in [9.17, 15) is 0 Å². The summed E-state index contributed by atoms with van der Waals surface area (Å²) in [6.45, 7) is 0.520. The lowest BCUT2D eigenvalue weighted by Gasteiger charge is -2.08. The fraction of sp³-hybridized carbons (Fsp3) is 0.0870. The molecule has 2 N–H and O–H groups in total. The van der Waals surface area contributed by atoms with Gasteiger partial charge in [0.15, 0.2) is 0 Å². The third-order valence-electron chi connectivity index (χ3n) is 4.42. The minimum atomic E-state index is 0.520. The van der Waals surface area contributed by atoms with Gasteiger partial charge in [-0.05, 0) is 42.0 Å². The van der Waals surface area contributed by atoms with Crippen molar-refractivity contribution in [3.63, 3.8) is 0 Å². The maximum Gasteiger partial charge on any atom is 0.129 e. The fourth-order valence-corrected chi connectivity index (χ4v) is 2.98. The fourth-order valence-electron chi connectivity index (χ4n) is 2.98. The molecule has 0 atom stereocenters. The summed E-state index contributed by atoms with van der Waals surface area (Å²) in [5, 5.41) is 5.37. The van der Waals surface area contributed by atoms with Gasteiger partial charge < -0.3 is 14.5 Å². The van der Waals surface area contributed by atoms with Crippen molar-refractivity contribution in [3.8, 4) is 11.5 Å². The summed E-state index contributed by atoms with van der Waals surface area (Å²) in [7, 11) is 1.65. The molecule has 0 radical (unpaired) electrons. The number of hydrazone groups is 1. The topological polar surface area (TPSA) is 58.6 Å². The van der Waals surface area contributed by atoms with Crippen molar-refractivity contribution in [2.75, 3.05) is 12.5 Å². The second kappa shape index (κ2) is 8.31. The number of rotatable bonds is 7. The Morgan fingerprint density at radius 3 is 2.57 bits per heavy atom. The van der Waals surface area contributed by atoms with E-state index in [4.69, 9.17) is 9.47 Å². The zero-order valence-electron chi connectivity index (χ0n) is 15.6. The predicted molar refractivity (Wildman–Crippen MR) is 113 cm³/mol. The monoisotopic (exact) mass is 371 g/mol. The van der Waals surface area contributed by atoms with E-state index in [1.165, 1.54) is 0 Å². The van der Waals surface area contributed by atoms with Crippen molar-refractivity contribution in [2.24, 2.45) is 5.10 Å². The number of aromatic amines is 1. The lowest BCUT2D eigenvalue weighted by Crippen LogP contribution is -1.96. The molecule has 0 fully saturated rings. The van der Waals surface area contributed by atoms with Gasteiger partial charge in [0, 0.05) is 17.3 Å². The van der Waals surface area contributed by atoms with Gasteiger partial charge in [0.25, 0.3) is 0 Å². The molecule has 0 aliphatic rings. The van der Waals surface area contributed by atoms with E-state index in [0.717, 1.165) is 39.2 Å². The van der Waals surface area contributed by atoms with Crippen LogP contribution >= 0.6 is 0 Å². The summed E-state index contributed by atoms with van der Waals surface area (Å²) < 4.78 is 11.2. The van der Waals surface area contributed by atoms with Gasteiger partial charge in [-0.2, -0.15) is 5.10 Å². The first-order valence-electron chi connectivity index (χ1n) is 9.03. The van der Waals surface area contributed by atoms with Gasteiger partial charge in [-0.3, -0.25) is 5.43 Å². The molecule has 0 unspecified atom stereocenters. The van der Waals surface area contributed by atoms with Gasteiger partial charge >= 0.3 is 0 Å². The number of anilines is 1. The third-order valence-corrected chi connectivity index (χ3v) is 4.42. The van der Waals surface area contributed by atoms with Crippen LogP contribution in [0.25, 0.3) is 10.9 Å². The lowest BCUT2D eigenvalue weighted by molar-refractivity contribution is 0.310. The van der Waals surface area contributed by atoms with Crippen LogP contribution < -0.4 is 14.9 Å². The van der Waals surface area contributed by atoms with Crippen LogP contribution in [0.2, 0.25) is 0 Å². The molecule has 0 saturated heterocycles. The summed E-state index contributed by atoms with van der Waals surface area (Å²) in [6.07, 6.45) is 3.72. The highest BCUT2D eigenvalue weighted by atomic mass is 16.5. The van der Waals surface area contributed by atoms with Gasteiger partial charge in [0.2, 0.25) is 0 Å². The number of H-pyrrole nitrogens is 1. The first-order chi connectivity index (χ1) is 13.8. The zero-order chi connectivity index (χ0) is 19.2. The van der Waals surface area contributed by atoms with E-state index in [2.05, 4.69) is 27.6 Å². The first kappa shape index (κ1) is 17.7. The maximum absolute atomic E-state index is 6.08. The van der Waals surface area contributed by atoms with Gasteiger partial charge in [-0.25, -0.2) is 0 Å². The number of methoxy groups -OCH3 is 1. The minimum absolute atomic E-state index is 0.520. The Morgan fingerprint density at radius 1 is 0.964 bits per heavy atom. The summed E-state index contributed by atoms with van der Waals surface area (Å²) in [5.41, 5.74) is 7.02. The maximum atomic E-state index is 6.08. The highest BCUT2D eigenvalue weighted by molar-refractivity contribution is 6.02. The summed E-state index contributed by atoms with van der Waals surface area (Å²) in [5.74, 6) is 1.64. The minimum Gasteiger partial charge on any atom is -0.497 e. The average Bonchev–Trinajstić information content (AvgIpc) is 3.17. The Labute approximate surface area is 163 Å². The molecular formula is C23H21N3O2. The van der Waals surface area contributed by atoms with E-state index >= 15 is 0 Å². The van der Waals surface area contributed by atoms with E-state index in [1.807, 2.05) is 66.9 Å². The Balaban J connectivity index is 1.52. The van der Waals surface area contributed by atoms with Crippen molar-refractivity contribution < 1.29 is 9.47 Å². The Morgan fingerprint density at radius 2 is 1.79 bits per heavy atom. The van der Waals surface area contributed by atoms with Crippen LogP contribution in [0.5, 0.6) is 11.5 Å². The predicted octanol–water partition coefficient (Wildman–Crippen LogP) is 5.20. The molecule has 0 spiro atoms. The molecule has 140 valence electrons. The van der Waals surface area contributed by atoms with E-state index in [-0.39, 0.29) is 0 Å². The van der Waals surface area contributed by atoms with Gasteiger partial charge in [-0.1, -0.05) is 36.4 Å². The molecule has 0 aliphatic carbocycles. The molecule has 0 aliphatic heterocycles. The van der Waals surface area contributed by atoms with Crippen LogP contribution in [-0.4, -0.2) is 18.3 Å².